The van der Waals surface area contributed by atoms with Gasteiger partial charge in [0.25, 0.3) is 0 Å². The summed E-state index contributed by atoms with van der Waals surface area (Å²) in [6, 6.07) is 5.29. The molecule has 0 unspecified atom stereocenters. The Balaban J connectivity index is 1.89. The first-order valence-electron chi connectivity index (χ1n) is 6.30. The largest absolute Gasteiger partial charge is 0.326 e. The van der Waals surface area contributed by atoms with Gasteiger partial charge in [0.1, 0.15) is 12.4 Å². The third-order valence-electron chi connectivity index (χ3n) is 2.83. The van der Waals surface area contributed by atoms with Crippen molar-refractivity contribution < 1.29 is 9.72 Å². The summed E-state index contributed by atoms with van der Waals surface area (Å²) in [5.74, 6) is -0.217. The second-order valence-electron chi connectivity index (χ2n) is 4.37. The number of halogens is 1. The molecule has 1 aromatic heterocycles. The molecular formula is C13H13ClN4O3S. The average Bonchev–Trinajstić information content (AvgIpc) is 2.94. The molecule has 2 rings (SSSR count). The van der Waals surface area contributed by atoms with E-state index >= 15 is 0 Å². The number of rotatable bonds is 6. The predicted octanol–water partition coefficient (Wildman–Crippen LogP) is 3.20. The van der Waals surface area contributed by atoms with E-state index in [9.17, 15) is 14.9 Å². The number of anilines is 1. The standard InChI is InChI=1S/C13H13ClN4O3S/c1-22-12-3-2-9(6-11(12)14)16-13(19)4-5-17-8-10(7-15-17)18(20)21/h2-3,6-8H,4-5H2,1H3,(H,16,19). The van der Waals surface area contributed by atoms with Gasteiger partial charge in [-0.1, -0.05) is 11.6 Å². The molecule has 1 N–H and O–H groups in total. The van der Waals surface area contributed by atoms with E-state index in [0.29, 0.717) is 10.7 Å². The Kier molecular flexibility index (Phi) is 5.40. The SMILES string of the molecule is CSc1ccc(NC(=O)CCn2cc([N+](=O)[O-])cn2)cc1Cl. The van der Waals surface area contributed by atoms with Crippen LogP contribution >= 0.6 is 23.4 Å². The molecule has 1 aromatic carbocycles. The summed E-state index contributed by atoms with van der Waals surface area (Å²) in [6.07, 6.45) is 4.51. The maximum atomic E-state index is 11.9. The van der Waals surface area contributed by atoms with Crippen molar-refractivity contribution in [1.82, 2.24) is 9.78 Å². The van der Waals surface area contributed by atoms with Gasteiger partial charge in [-0.3, -0.25) is 19.6 Å². The van der Waals surface area contributed by atoms with Crippen molar-refractivity contribution in [3.05, 3.63) is 45.7 Å². The summed E-state index contributed by atoms with van der Waals surface area (Å²) >= 11 is 7.59. The monoisotopic (exact) mass is 340 g/mol. The summed E-state index contributed by atoms with van der Waals surface area (Å²) in [5, 5.41) is 17.7. The summed E-state index contributed by atoms with van der Waals surface area (Å²) in [4.78, 5) is 22.8. The summed E-state index contributed by atoms with van der Waals surface area (Å²) in [5.41, 5.74) is 0.513. The zero-order chi connectivity index (χ0) is 16.1. The second kappa shape index (κ2) is 7.28. The van der Waals surface area contributed by atoms with Gasteiger partial charge < -0.3 is 5.32 Å². The molecule has 0 aliphatic heterocycles. The normalized spacial score (nSPS) is 10.5. The van der Waals surface area contributed by atoms with Gasteiger partial charge in [0.05, 0.1) is 9.95 Å². The maximum Gasteiger partial charge on any atom is 0.306 e. The minimum absolute atomic E-state index is 0.0974. The molecule has 0 radical (unpaired) electrons. The number of nitrogens with zero attached hydrogens (tertiary/aromatic N) is 3. The van der Waals surface area contributed by atoms with Gasteiger partial charge in [0, 0.05) is 23.5 Å². The minimum Gasteiger partial charge on any atom is -0.326 e. The smallest absolute Gasteiger partial charge is 0.306 e. The Hall–Kier alpha value is -2.06. The van der Waals surface area contributed by atoms with Crippen LogP contribution in [0.1, 0.15) is 6.42 Å². The Bertz CT molecular complexity index is 704. The summed E-state index contributed by atoms with van der Waals surface area (Å²) < 4.78 is 1.36. The van der Waals surface area contributed by atoms with Crippen LogP contribution in [0.3, 0.4) is 0 Å². The van der Waals surface area contributed by atoms with Crippen LogP contribution in [-0.4, -0.2) is 26.9 Å². The van der Waals surface area contributed by atoms with E-state index in [2.05, 4.69) is 10.4 Å². The van der Waals surface area contributed by atoms with Crippen LogP contribution in [0.4, 0.5) is 11.4 Å². The Morgan fingerprint density at radius 3 is 2.91 bits per heavy atom. The fourth-order valence-electron chi connectivity index (χ4n) is 1.75. The molecule has 22 heavy (non-hydrogen) atoms. The van der Waals surface area contributed by atoms with E-state index in [-0.39, 0.29) is 24.6 Å². The van der Waals surface area contributed by atoms with Crippen LogP contribution < -0.4 is 5.32 Å². The molecule has 0 spiro atoms. The lowest BCUT2D eigenvalue weighted by atomic mass is 10.3. The van der Waals surface area contributed by atoms with Gasteiger partial charge in [-0.15, -0.1) is 11.8 Å². The Morgan fingerprint density at radius 1 is 1.55 bits per heavy atom. The number of benzene rings is 1. The van der Waals surface area contributed by atoms with E-state index in [1.165, 1.54) is 22.6 Å². The molecule has 0 aliphatic rings. The van der Waals surface area contributed by atoms with Crippen molar-refractivity contribution in [2.24, 2.45) is 0 Å². The molecule has 0 saturated carbocycles. The molecule has 0 fully saturated rings. The summed E-state index contributed by atoms with van der Waals surface area (Å²) in [6.45, 7) is 0.260. The molecule has 0 saturated heterocycles. The maximum absolute atomic E-state index is 11.9. The van der Waals surface area contributed by atoms with Crippen LogP contribution in [0, 0.1) is 10.1 Å². The number of aryl methyl sites for hydroxylation is 1. The van der Waals surface area contributed by atoms with Crippen LogP contribution in [0.5, 0.6) is 0 Å². The van der Waals surface area contributed by atoms with Crippen LogP contribution in [0.25, 0.3) is 0 Å². The van der Waals surface area contributed by atoms with E-state index in [0.717, 1.165) is 11.1 Å². The molecular weight excluding hydrogens is 328 g/mol. The van der Waals surface area contributed by atoms with Gasteiger partial charge in [-0.05, 0) is 24.5 Å². The molecule has 7 nitrogen and oxygen atoms in total. The number of thioether (sulfide) groups is 1. The van der Waals surface area contributed by atoms with Crippen molar-refractivity contribution in [3.63, 3.8) is 0 Å². The number of carbonyl (C=O) groups excluding carboxylic acids is 1. The van der Waals surface area contributed by atoms with Gasteiger partial charge in [0.2, 0.25) is 5.91 Å². The molecule has 2 aromatic rings. The van der Waals surface area contributed by atoms with Gasteiger partial charge in [-0.2, -0.15) is 5.10 Å². The van der Waals surface area contributed by atoms with Crippen molar-refractivity contribution in [3.8, 4) is 0 Å². The fourth-order valence-corrected chi connectivity index (χ4v) is 2.62. The molecule has 1 amide bonds. The van der Waals surface area contributed by atoms with Gasteiger partial charge >= 0.3 is 5.69 Å². The molecule has 116 valence electrons. The number of hydrogen-bond acceptors (Lipinski definition) is 5. The van der Waals surface area contributed by atoms with Crippen LogP contribution in [0.2, 0.25) is 5.02 Å². The highest BCUT2D eigenvalue weighted by molar-refractivity contribution is 7.98. The zero-order valence-electron chi connectivity index (χ0n) is 11.7. The average molecular weight is 341 g/mol. The molecule has 1 heterocycles. The number of hydrogen-bond donors (Lipinski definition) is 1. The van der Waals surface area contributed by atoms with Crippen LogP contribution in [0.15, 0.2) is 35.5 Å². The lowest BCUT2D eigenvalue weighted by Gasteiger charge is -2.07. The molecule has 0 bridgehead atoms. The Morgan fingerprint density at radius 2 is 2.32 bits per heavy atom. The van der Waals surface area contributed by atoms with Crippen molar-refractivity contribution in [2.75, 3.05) is 11.6 Å². The van der Waals surface area contributed by atoms with Crippen molar-refractivity contribution in [1.29, 1.82) is 0 Å². The van der Waals surface area contributed by atoms with E-state index in [1.54, 1.807) is 12.1 Å². The fraction of sp³-hybridized carbons (Fsp3) is 0.231. The van der Waals surface area contributed by atoms with Gasteiger partial charge in [0.15, 0.2) is 0 Å². The van der Waals surface area contributed by atoms with Crippen LogP contribution in [-0.2, 0) is 11.3 Å². The second-order valence-corrected chi connectivity index (χ2v) is 5.62. The molecule has 0 atom stereocenters. The Labute approximate surface area is 135 Å². The third-order valence-corrected chi connectivity index (χ3v) is 4.05. The quantitative estimate of drug-likeness (QED) is 0.495. The van der Waals surface area contributed by atoms with Gasteiger partial charge in [-0.25, -0.2) is 0 Å². The highest BCUT2D eigenvalue weighted by Gasteiger charge is 2.10. The highest BCUT2D eigenvalue weighted by Crippen LogP contribution is 2.27. The molecule has 0 aliphatic carbocycles. The minimum atomic E-state index is -0.529. The number of nitro groups is 1. The third kappa shape index (κ3) is 4.22. The zero-order valence-corrected chi connectivity index (χ0v) is 13.2. The number of carbonyl (C=O) groups is 1. The van der Waals surface area contributed by atoms with E-state index < -0.39 is 4.92 Å². The first-order valence-corrected chi connectivity index (χ1v) is 7.90. The summed E-state index contributed by atoms with van der Waals surface area (Å²) in [7, 11) is 0. The van der Waals surface area contributed by atoms with Crippen molar-refractivity contribution in [2.45, 2.75) is 17.9 Å². The highest BCUT2D eigenvalue weighted by atomic mass is 35.5. The van der Waals surface area contributed by atoms with E-state index in [1.807, 2.05) is 12.3 Å². The number of nitrogens with one attached hydrogen (secondary N) is 1. The number of aromatic nitrogens is 2. The van der Waals surface area contributed by atoms with Crippen molar-refractivity contribution >= 4 is 40.6 Å². The predicted molar refractivity (Wildman–Crippen MR) is 85.4 cm³/mol. The van der Waals surface area contributed by atoms with E-state index in [4.69, 9.17) is 11.6 Å². The topological polar surface area (TPSA) is 90.1 Å². The number of amides is 1. The molecule has 9 heteroatoms. The first-order chi connectivity index (χ1) is 10.5. The lowest BCUT2D eigenvalue weighted by molar-refractivity contribution is -0.385. The first kappa shape index (κ1) is 16.3. The lowest BCUT2D eigenvalue weighted by Crippen LogP contribution is -2.14.